The molecule has 0 N–H and O–H groups in total. The molecule has 218 valence electrons. The van der Waals surface area contributed by atoms with Gasteiger partial charge in [-0.25, -0.2) is 8.78 Å². The van der Waals surface area contributed by atoms with Crippen LogP contribution < -0.4 is 14.5 Å². The molecule has 2 aliphatic heterocycles. The fourth-order valence-electron chi connectivity index (χ4n) is 5.01. The molecular weight excluding hydrogens is 566 g/mol. The van der Waals surface area contributed by atoms with Crippen LogP contribution in [0, 0.1) is 21.7 Å². The van der Waals surface area contributed by atoms with Crippen molar-refractivity contribution < 1.29 is 23.2 Å². The van der Waals surface area contributed by atoms with Crippen LogP contribution in [0.3, 0.4) is 0 Å². The van der Waals surface area contributed by atoms with Crippen LogP contribution in [0.15, 0.2) is 54.6 Å². The van der Waals surface area contributed by atoms with Gasteiger partial charge in [-0.05, 0) is 55.6 Å². The molecule has 10 nitrogen and oxygen atoms in total. The maximum absolute atomic E-state index is 14.8. The highest BCUT2D eigenvalue weighted by molar-refractivity contribution is 7.19. The number of anilines is 2. The Morgan fingerprint density at radius 1 is 1.07 bits per heavy atom. The highest BCUT2D eigenvalue weighted by Gasteiger charge is 2.32. The summed E-state index contributed by atoms with van der Waals surface area (Å²) in [6.07, 6.45) is -0.0360. The van der Waals surface area contributed by atoms with E-state index in [1.54, 1.807) is 18.2 Å². The Morgan fingerprint density at radius 2 is 1.81 bits per heavy atom. The van der Waals surface area contributed by atoms with Gasteiger partial charge in [0, 0.05) is 47.3 Å². The lowest BCUT2D eigenvalue weighted by Crippen LogP contribution is -2.42. The predicted octanol–water partition coefficient (Wildman–Crippen LogP) is 5.22. The van der Waals surface area contributed by atoms with Crippen molar-refractivity contribution in [1.29, 1.82) is 0 Å². The minimum Gasteiger partial charge on any atom is -0.468 e. The van der Waals surface area contributed by atoms with E-state index in [4.69, 9.17) is 9.47 Å². The summed E-state index contributed by atoms with van der Waals surface area (Å²) < 4.78 is 40.6. The first-order valence-corrected chi connectivity index (χ1v) is 14.1. The van der Waals surface area contributed by atoms with Crippen molar-refractivity contribution in [3.63, 3.8) is 0 Å². The number of rotatable bonds is 9. The summed E-state index contributed by atoms with van der Waals surface area (Å²) in [6.45, 7) is 2.43. The molecule has 2 aliphatic rings. The molecule has 4 heterocycles. The average molecular weight is 595 g/mol. The van der Waals surface area contributed by atoms with Crippen LogP contribution in [0.25, 0.3) is 10.4 Å². The molecule has 0 atom stereocenters. The first-order chi connectivity index (χ1) is 20.3. The van der Waals surface area contributed by atoms with Crippen LogP contribution in [0.5, 0.6) is 5.88 Å². The fraction of sp³-hybridized carbons (Fsp3) is 0.310. The minimum absolute atomic E-state index is 0.0000704. The number of aromatic nitrogens is 2. The van der Waals surface area contributed by atoms with Crippen LogP contribution in [-0.2, 0) is 24.4 Å². The number of fused-ring (bicyclic) bond motifs is 1. The molecule has 0 unspecified atom stereocenters. The van der Waals surface area contributed by atoms with Gasteiger partial charge in [-0.3, -0.25) is 10.1 Å². The SMILES string of the molecule is CN(C)Cc1c(-c2ccc([N+](=O)[O-])cc2)sc2c1CN(c1ccc(OC3COC3)nn1)CN2Cc1c(F)cccc1F. The number of nitro groups is 1. The molecule has 0 radical (unpaired) electrons. The van der Waals surface area contributed by atoms with E-state index in [1.807, 2.05) is 34.9 Å². The van der Waals surface area contributed by atoms with Gasteiger partial charge in [0.1, 0.15) is 17.7 Å². The standard InChI is InChI=1S/C29H28F2N6O4S/c1-34(2)12-21-22-13-35(26-10-11-27(33-32-26)41-20-15-40-16-20)17-36(14-23-24(30)4-3-5-25(23)31)29(22)42-28(21)18-6-8-19(9-7-18)37(38)39/h3-11,20H,12-17H2,1-2H3. The number of nitro benzene ring substituents is 1. The Kier molecular flexibility index (Phi) is 7.71. The van der Waals surface area contributed by atoms with E-state index < -0.39 is 16.6 Å². The summed E-state index contributed by atoms with van der Waals surface area (Å²) >= 11 is 1.52. The zero-order valence-corrected chi connectivity index (χ0v) is 23.8. The maximum Gasteiger partial charge on any atom is 0.269 e. The van der Waals surface area contributed by atoms with Gasteiger partial charge in [0.2, 0.25) is 5.88 Å². The van der Waals surface area contributed by atoms with Crippen LogP contribution in [0.2, 0.25) is 0 Å². The topological polar surface area (TPSA) is 97.1 Å². The van der Waals surface area contributed by atoms with Crippen molar-refractivity contribution in [2.45, 2.75) is 25.7 Å². The molecule has 0 aliphatic carbocycles. The number of hydrogen-bond donors (Lipinski definition) is 0. The quantitative estimate of drug-likeness (QED) is 0.191. The third-order valence-corrected chi connectivity index (χ3v) is 8.53. The Morgan fingerprint density at radius 3 is 2.40 bits per heavy atom. The molecular formula is C29H28F2N6O4S. The van der Waals surface area contributed by atoms with E-state index in [0.29, 0.717) is 44.7 Å². The van der Waals surface area contributed by atoms with Gasteiger partial charge in [0.15, 0.2) is 5.82 Å². The maximum atomic E-state index is 14.8. The van der Waals surface area contributed by atoms with Gasteiger partial charge in [-0.15, -0.1) is 21.5 Å². The summed E-state index contributed by atoms with van der Waals surface area (Å²) in [5.74, 6) is -0.235. The largest absolute Gasteiger partial charge is 0.468 e. The van der Waals surface area contributed by atoms with Gasteiger partial charge in [0.25, 0.3) is 5.69 Å². The Bertz CT molecular complexity index is 1570. The Labute approximate surface area is 244 Å². The van der Waals surface area contributed by atoms with Crippen LogP contribution in [0.4, 0.5) is 25.3 Å². The van der Waals surface area contributed by atoms with E-state index in [0.717, 1.165) is 26.6 Å². The van der Waals surface area contributed by atoms with Crippen molar-refractivity contribution in [1.82, 2.24) is 15.1 Å². The normalized spacial score (nSPS) is 15.1. The molecule has 1 fully saturated rings. The highest BCUT2D eigenvalue weighted by atomic mass is 32.1. The molecule has 0 spiro atoms. The van der Waals surface area contributed by atoms with Crippen molar-refractivity contribution in [3.05, 3.63) is 93.0 Å². The van der Waals surface area contributed by atoms with Crippen molar-refractivity contribution in [2.75, 3.05) is 43.8 Å². The molecule has 42 heavy (non-hydrogen) atoms. The average Bonchev–Trinajstić information content (AvgIpc) is 3.31. The van der Waals surface area contributed by atoms with E-state index in [9.17, 15) is 18.9 Å². The van der Waals surface area contributed by atoms with Crippen molar-refractivity contribution >= 4 is 27.8 Å². The number of ether oxygens (including phenoxy) is 2. The second-order valence-electron chi connectivity index (χ2n) is 10.5. The smallest absolute Gasteiger partial charge is 0.269 e. The lowest BCUT2D eigenvalue weighted by atomic mass is 10.0. The predicted molar refractivity (Wildman–Crippen MR) is 155 cm³/mol. The molecule has 0 amide bonds. The number of non-ortho nitro benzene ring substituents is 1. The lowest BCUT2D eigenvalue weighted by Gasteiger charge is -2.37. The van der Waals surface area contributed by atoms with Crippen LogP contribution in [-0.4, -0.2) is 60.1 Å². The van der Waals surface area contributed by atoms with Crippen LogP contribution >= 0.6 is 11.3 Å². The molecule has 6 rings (SSSR count). The Balaban J connectivity index is 1.41. The van der Waals surface area contributed by atoms with Gasteiger partial charge in [0.05, 0.1) is 36.4 Å². The third-order valence-electron chi connectivity index (χ3n) is 7.14. The van der Waals surface area contributed by atoms with E-state index >= 15 is 0 Å². The molecule has 0 bridgehead atoms. The Hall–Kier alpha value is -4.20. The summed E-state index contributed by atoms with van der Waals surface area (Å²) in [5, 5.41) is 20.8. The summed E-state index contributed by atoms with van der Waals surface area (Å²) in [6, 6.07) is 13.9. The molecule has 2 aromatic carbocycles. The van der Waals surface area contributed by atoms with E-state index in [-0.39, 0.29) is 23.9 Å². The van der Waals surface area contributed by atoms with Gasteiger partial charge >= 0.3 is 0 Å². The van der Waals surface area contributed by atoms with Gasteiger partial charge < -0.3 is 24.2 Å². The van der Waals surface area contributed by atoms with E-state index in [2.05, 4.69) is 10.2 Å². The van der Waals surface area contributed by atoms with Crippen molar-refractivity contribution in [2.24, 2.45) is 0 Å². The first-order valence-electron chi connectivity index (χ1n) is 13.3. The van der Waals surface area contributed by atoms with Crippen LogP contribution in [0.1, 0.15) is 16.7 Å². The van der Waals surface area contributed by atoms with Crippen molar-refractivity contribution in [3.8, 4) is 16.3 Å². The summed E-state index contributed by atoms with van der Waals surface area (Å²) in [4.78, 5) is 17.8. The van der Waals surface area contributed by atoms with E-state index in [1.165, 1.54) is 41.7 Å². The molecule has 13 heteroatoms. The minimum atomic E-state index is -0.615. The number of hydrogen-bond acceptors (Lipinski definition) is 10. The molecule has 0 saturated carbocycles. The summed E-state index contributed by atoms with van der Waals surface area (Å²) in [7, 11) is 3.93. The molecule has 1 saturated heterocycles. The number of benzene rings is 2. The second-order valence-corrected chi connectivity index (χ2v) is 11.5. The fourth-order valence-corrected chi connectivity index (χ4v) is 6.33. The second kappa shape index (κ2) is 11.6. The number of nitrogens with zero attached hydrogens (tertiary/aromatic N) is 6. The number of halogens is 2. The zero-order chi connectivity index (χ0) is 29.4. The first kappa shape index (κ1) is 27.9. The molecule has 2 aromatic heterocycles. The third kappa shape index (κ3) is 5.62. The highest BCUT2D eigenvalue weighted by Crippen LogP contribution is 2.46. The molecule has 4 aromatic rings. The zero-order valence-electron chi connectivity index (χ0n) is 23.0. The lowest BCUT2D eigenvalue weighted by molar-refractivity contribution is -0.384. The summed E-state index contributed by atoms with van der Waals surface area (Å²) in [5.41, 5.74) is 2.85. The monoisotopic (exact) mass is 594 g/mol. The number of thiophene rings is 1. The van der Waals surface area contributed by atoms with Gasteiger partial charge in [-0.1, -0.05) is 6.07 Å². The van der Waals surface area contributed by atoms with Gasteiger partial charge in [-0.2, -0.15) is 0 Å².